The molecule has 1 saturated carbocycles. The number of carbonyl (C=O) groups excluding carboxylic acids is 2. The van der Waals surface area contributed by atoms with Crippen molar-refractivity contribution >= 4 is 69.6 Å². The predicted molar refractivity (Wildman–Crippen MR) is 189 cm³/mol. The minimum atomic E-state index is -3.18. The maximum Gasteiger partial charge on any atom is 0.387 e. The molecule has 0 saturated heterocycles. The third-order valence-electron chi connectivity index (χ3n) is 7.13. The van der Waals surface area contributed by atoms with E-state index in [1.165, 1.54) is 24.8 Å². The van der Waals surface area contributed by atoms with Gasteiger partial charge in [-0.3, -0.25) is 19.6 Å². The van der Waals surface area contributed by atoms with Gasteiger partial charge < -0.3 is 29.6 Å². The third kappa shape index (κ3) is 11.6. The average molecular weight is 844 g/mol. The van der Waals surface area contributed by atoms with Crippen molar-refractivity contribution < 1.29 is 54.9 Å². The summed E-state index contributed by atoms with van der Waals surface area (Å²) in [7, 11) is 0. The summed E-state index contributed by atoms with van der Waals surface area (Å²) in [5.74, 6) is -5.28. The molecule has 0 spiro atoms. The summed E-state index contributed by atoms with van der Waals surface area (Å²) < 4.78 is 98.6. The molecule has 2 aromatic heterocycles. The second-order valence-electron chi connectivity index (χ2n) is 11.4. The molecule has 5 rings (SSSR count). The summed E-state index contributed by atoms with van der Waals surface area (Å²) >= 11 is 23.7. The Morgan fingerprint density at radius 3 is 1.41 bits per heavy atom. The van der Waals surface area contributed by atoms with Gasteiger partial charge in [0.25, 0.3) is 11.8 Å². The van der Waals surface area contributed by atoms with E-state index in [-0.39, 0.29) is 49.1 Å². The maximum atomic E-state index is 14.4. The van der Waals surface area contributed by atoms with Gasteiger partial charge in [-0.1, -0.05) is 46.4 Å². The number of carbonyl (C=O) groups is 2. The predicted octanol–water partition coefficient (Wildman–Crippen LogP) is 10.9. The Labute approximate surface area is 324 Å². The van der Waals surface area contributed by atoms with Gasteiger partial charge in [-0.05, 0) is 51.7 Å². The first-order chi connectivity index (χ1) is 25.5. The smallest absolute Gasteiger partial charge is 0.387 e. The standard InChI is InChI=1S/C18H15Cl2F3N2O3.C16H13Cl2F3N2O3/c19-11-7-24-8-12(20)16(11)25-17(26)10-5-14(27-9-3-1-2-4-9)15(6-13(10)21)28-18(22)23;1-7(2)25-12-3-8(11(19)4-13(12)26-16(20)21)15(24)23-14-9(17)5-22-6-10(14)18/h5-9,18H,1-4H2,(H,24,25,26);3-7,16H,1-2H3,(H,22,23,24). The van der Waals surface area contributed by atoms with Crippen molar-refractivity contribution in [3.63, 3.8) is 0 Å². The largest absolute Gasteiger partial charge is 0.487 e. The number of halogens is 10. The van der Waals surface area contributed by atoms with Gasteiger partial charge in [-0.25, -0.2) is 8.78 Å². The molecular formula is C34H28Cl4F6N4O6. The highest BCUT2D eigenvalue weighted by Gasteiger charge is 2.25. The van der Waals surface area contributed by atoms with E-state index in [2.05, 4.69) is 30.1 Å². The lowest BCUT2D eigenvalue weighted by Gasteiger charge is -2.18. The van der Waals surface area contributed by atoms with Gasteiger partial charge in [-0.15, -0.1) is 0 Å². The Bertz CT molecular complexity index is 1930. The SMILES string of the molecule is CC(C)Oc1cc(C(=O)Nc2c(Cl)cncc2Cl)c(F)cc1OC(F)F.O=C(Nc1c(Cl)cncc1Cl)c1cc(OC2CCCC2)c(OC(F)F)cc1F. The number of nitrogens with one attached hydrogen (secondary N) is 2. The Morgan fingerprint density at radius 2 is 1.02 bits per heavy atom. The first kappa shape index (κ1) is 42.4. The van der Waals surface area contributed by atoms with E-state index in [0.29, 0.717) is 12.1 Å². The molecule has 1 aliphatic carbocycles. The third-order valence-corrected chi connectivity index (χ3v) is 8.28. The molecule has 54 heavy (non-hydrogen) atoms. The summed E-state index contributed by atoms with van der Waals surface area (Å²) in [6.45, 7) is -3.09. The van der Waals surface area contributed by atoms with Crippen LogP contribution in [0.4, 0.5) is 37.7 Å². The highest BCUT2D eigenvalue weighted by Crippen LogP contribution is 2.37. The van der Waals surface area contributed by atoms with Crippen molar-refractivity contribution in [3.8, 4) is 23.0 Å². The molecule has 0 unspecified atom stereocenters. The van der Waals surface area contributed by atoms with Crippen molar-refractivity contribution in [1.82, 2.24) is 9.97 Å². The van der Waals surface area contributed by atoms with E-state index in [1.54, 1.807) is 13.8 Å². The molecular weight excluding hydrogens is 816 g/mol. The highest BCUT2D eigenvalue weighted by molar-refractivity contribution is 6.40. The molecule has 2 amide bonds. The zero-order chi connectivity index (χ0) is 39.7. The van der Waals surface area contributed by atoms with Gasteiger partial charge in [0.2, 0.25) is 0 Å². The van der Waals surface area contributed by atoms with Crippen LogP contribution in [0.2, 0.25) is 20.1 Å². The average Bonchev–Trinajstić information content (AvgIpc) is 3.59. The van der Waals surface area contributed by atoms with E-state index < -0.39 is 65.4 Å². The number of ether oxygens (including phenoxy) is 4. The molecule has 10 nitrogen and oxygen atoms in total. The fourth-order valence-electron chi connectivity index (χ4n) is 4.84. The van der Waals surface area contributed by atoms with E-state index in [4.69, 9.17) is 55.9 Å². The Hall–Kier alpha value is -4.38. The van der Waals surface area contributed by atoms with E-state index >= 15 is 0 Å². The minimum Gasteiger partial charge on any atom is -0.487 e. The van der Waals surface area contributed by atoms with E-state index in [0.717, 1.165) is 37.8 Å². The zero-order valence-electron chi connectivity index (χ0n) is 27.9. The van der Waals surface area contributed by atoms with Crippen LogP contribution in [-0.2, 0) is 0 Å². The number of aromatic nitrogens is 2. The topological polar surface area (TPSA) is 121 Å². The monoisotopic (exact) mass is 842 g/mol. The summed E-state index contributed by atoms with van der Waals surface area (Å²) in [5.41, 5.74) is -0.814. The van der Waals surface area contributed by atoms with Gasteiger partial charge in [0.15, 0.2) is 23.0 Å². The molecule has 290 valence electrons. The number of alkyl halides is 4. The van der Waals surface area contributed by atoms with Gasteiger partial charge in [0, 0.05) is 36.9 Å². The Kier molecular flexibility index (Phi) is 15.1. The number of rotatable bonds is 12. The van der Waals surface area contributed by atoms with Crippen LogP contribution in [0, 0.1) is 11.6 Å². The molecule has 1 fully saturated rings. The van der Waals surface area contributed by atoms with Crippen LogP contribution in [0.25, 0.3) is 0 Å². The molecule has 20 heteroatoms. The van der Waals surface area contributed by atoms with Crippen molar-refractivity contribution in [1.29, 1.82) is 0 Å². The lowest BCUT2D eigenvalue weighted by Crippen LogP contribution is -2.17. The summed E-state index contributed by atoms with van der Waals surface area (Å²) in [4.78, 5) is 32.4. The highest BCUT2D eigenvalue weighted by atomic mass is 35.5. The summed E-state index contributed by atoms with van der Waals surface area (Å²) in [6.07, 6.45) is 7.68. The van der Waals surface area contributed by atoms with Crippen LogP contribution in [-0.4, -0.2) is 47.2 Å². The quantitative estimate of drug-likeness (QED) is 0.135. The fraction of sp³-hybridized carbons (Fsp3) is 0.294. The van der Waals surface area contributed by atoms with E-state index in [9.17, 15) is 35.9 Å². The van der Waals surface area contributed by atoms with Gasteiger partial charge in [0.05, 0.1) is 54.8 Å². The first-order valence-corrected chi connectivity index (χ1v) is 17.2. The molecule has 2 aromatic carbocycles. The lowest BCUT2D eigenvalue weighted by atomic mass is 10.1. The molecule has 0 atom stereocenters. The van der Waals surface area contributed by atoms with Crippen LogP contribution in [0.1, 0.15) is 60.2 Å². The first-order valence-electron chi connectivity index (χ1n) is 15.6. The Balaban J connectivity index is 0.000000241. The second-order valence-corrected chi connectivity index (χ2v) is 13.0. The van der Waals surface area contributed by atoms with Crippen LogP contribution < -0.4 is 29.6 Å². The molecule has 0 bridgehead atoms. The van der Waals surface area contributed by atoms with Gasteiger partial charge in [-0.2, -0.15) is 17.6 Å². The number of benzene rings is 2. The number of hydrogen-bond acceptors (Lipinski definition) is 8. The van der Waals surface area contributed by atoms with Crippen LogP contribution in [0.15, 0.2) is 49.1 Å². The number of pyridine rings is 2. The lowest BCUT2D eigenvalue weighted by molar-refractivity contribution is -0.0527. The number of amides is 2. The normalized spacial score (nSPS) is 12.7. The zero-order valence-corrected chi connectivity index (χ0v) is 30.9. The minimum absolute atomic E-state index is 0.0342. The number of anilines is 2. The Morgan fingerprint density at radius 1 is 0.648 bits per heavy atom. The van der Waals surface area contributed by atoms with Crippen molar-refractivity contribution in [2.75, 3.05) is 10.6 Å². The molecule has 2 heterocycles. The fourth-order valence-corrected chi connectivity index (χ4v) is 5.76. The van der Waals surface area contributed by atoms with Gasteiger partial charge in [0.1, 0.15) is 11.6 Å². The number of nitrogens with zero attached hydrogens (tertiary/aromatic N) is 2. The van der Waals surface area contributed by atoms with Crippen molar-refractivity contribution in [2.45, 2.75) is 65.0 Å². The number of hydrogen-bond donors (Lipinski definition) is 2. The van der Waals surface area contributed by atoms with Crippen LogP contribution in [0.3, 0.4) is 0 Å². The molecule has 0 aliphatic heterocycles. The maximum absolute atomic E-state index is 14.4. The molecule has 2 N–H and O–H groups in total. The van der Waals surface area contributed by atoms with Crippen LogP contribution in [0.5, 0.6) is 23.0 Å². The molecule has 4 aromatic rings. The van der Waals surface area contributed by atoms with E-state index in [1.807, 2.05) is 0 Å². The van der Waals surface area contributed by atoms with Crippen molar-refractivity contribution in [2.24, 2.45) is 0 Å². The summed E-state index contributed by atoms with van der Waals surface area (Å²) in [5, 5.41) is 4.94. The molecule has 0 radical (unpaired) electrons. The summed E-state index contributed by atoms with van der Waals surface area (Å²) in [6, 6.07) is 3.34. The second kappa shape index (κ2) is 19.3. The molecule has 1 aliphatic rings. The van der Waals surface area contributed by atoms with Gasteiger partial charge >= 0.3 is 13.2 Å². The van der Waals surface area contributed by atoms with Crippen molar-refractivity contribution in [3.05, 3.63) is 91.9 Å². The van der Waals surface area contributed by atoms with Crippen LogP contribution >= 0.6 is 46.4 Å².